The monoisotopic (exact) mass is 342 g/mol. The van der Waals surface area contributed by atoms with Gasteiger partial charge < -0.3 is 15.0 Å². The fourth-order valence-electron chi connectivity index (χ4n) is 2.98. The first-order valence-electron chi connectivity index (χ1n) is 7.98. The number of benzene rings is 1. The van der Waals surface area contributed by atoms with Crippen LogP contribution in [0, 0.1) is 0 Å². The molecule has 3 aromatic rings. The quantitative estimate of drug-likeness (QED) is 0.745. The number of para-hydroxylation sites is 2. The smallest absolute Gasteiger partial charge is 0.240 e. The number of fused-ring (bicyclic) bond motifs is 1. The molecule has 1 fully saturated rings. The van der Waals surface area contributed by atoms with E-state index in [-0.39, 0.29) is 12.5 Å². The van der Waals surface area contributed by atoms with Gasteiger partial charge in [0.15, 0.2) is 5.82 Å². The molecule has 1 saturated carbocycles. The van der Waals surface area contributed by atoms with E-state index < -0.39 is 5.60 Å². The van der Waals surface area contributed by atoms with Crippen LogP contribution in [0.15, 0.2) is 35.2 Å². The number of amides is 1. The summed E-state index contributed by atoms with van der Waals surface area (Å²) in [5.41, 5.74) is 3.54. The predicted octanol–water partition coefficient (Wildman–Crippen LogP) is 2.19. The van der Waals surface area contributed by atoms with Crippen LogP contribution in [0.3, 0.4) is 0 Å². The number of aliphatic hydroxyl groups is 1. The third kappa shape index (κ3) is 2.81. The highest BCUT2D eigenvalue weighted by Gasteiger charge is 2.34. The van der Waals surface area contributed by atoms with E-state index in [1.165, 1.54) is 11.3 Å². The molecule has 1 aliphatic rings. The van der Waals surface area contributed by atoms with Gasteiger partial charge in [-0.05, 0) is 31.4 Å². The zero-order chi connectivity index (χ0) is 16.6. The molecule has 0 atom stereocenters. The van der Waals surface area contributed by atoms with Crippen molar-refractivity contribution in [2.24, 2.45) is 0 Å². The maximum Gasteiger partial charge on any atom is 0.240 e. The summed E-state index contributed by atoms with van der Waals surface area (Å²) in [6, 6.07) is 7.73. The minimum atomic E-state index is -0.718. The molecule has 4 rings (SSSR count). The maximum absolute atomic E-state index is 12.4. The Morgan fingerprint density at radius 3 is 2.92 bits per heavy atom. The largest absolute Gasteiger partial charge is 0.388 e. The number of thiazole rings is 1. The molecule has 0 radical (unpaired) electrons. The second-order valence-electron chi connectivity index (χ2n) is 6.24. The molecule has 7 heteroatoms. The van der Waals surface area contributed by atoms with Gasteiger partial charge in [0.1, 0.15) is 12.2 Å². The summed E-state index contributed by atoms with van der Waals surface area (Å²) in [7, 11) is 0. The Hall–Kier alpha value is -2.25. The number of carbonyl (C=O) groups is 1. The van der Waals surface area contributed by atoms with Crippen molar-refractivity contribution in [1.82, 2.24) is 19.9 Å². The number of nitrogens with zero attached hydrogens (tertiary/aromatic N) is 3. The van der Waals surface area contributed by atoms with Gasteiger partial charge in [0.05, 0.1) is 22.1 Å². The average molecular weight is 342 g/mol. The van der Waals surface area contributed by atoms with Gasteiger partial charge in [-0.3, -0.25) is 4.79 Å². The summed E-state index contributed by atoms with van der Waals surface area (Å²) in [5.74, 6) is 0.560. The second-order valence-corrected chi connectivity index (χ2v) is 6.96. The van der Waals surface area contributed by atoms with Gasteiger partial charge >= 0.3 is 0 Å². The Bertz CT molecular complexity index is 868. The molecule has 0 unspecified atom stereocenters. The molecule has 2 N–H and O–H groups in total. The van der Waals surface area contributed by atoms with Crippen LogP contribution in [0.4, 0.5) is 0 Å². The highest BCUT2D eigenvalue weighted by atomic mass is 32.1. The Labute approximate surface area is 143 Å². The molecular weight excluding hydrogens is 324 g/mol. The SMILES string of the molecule is O=C(Cn1c(-c2cscn2)nc2ccccc21)NCC1(O)CCC1. The van der Waals surface area contributed by atoms with E-state index in [9.17, 15) is 9.90 Å². The molecule has 0 aliphatic heterocycles. The summed E-state index contributed by atoms with van der Waals surface area (Å²) in [6.45, 7) is 0.466. The van der Waals surface area contributed by atoms with Gasteiger partial charge in [0, 0.05) is 11.9 Å². The average Bonchev–Trinajstić information content (AvgIpc) is 3.19. The summed E-state index contributed by atoms with van der Waals surface area (Å²) < 4.78 is 1.88. The number of hydrogen-bond acceptors (Lipinski definition) is 5. The van der Waals surface area contributed by atoms with Crippen molar-refractivity contribution < 1.29 is 9.90 Å². The number of aromatic nitrogens is 3. The molecule has 0 spiro atoms. The van der Waals surface area contributed by atoms with Crippen LogP contribution in [0.1, 0.15) is 19.3 Å². The van der Waals surface area contributed by atoms with Gasteiger partial charge in [-0.1, -0.05) is 12.1 Å². The van der Waals surface area contributed by atoms with Crippen molar-refractivity contribution in [1.29, 1.82) is 0 Å². The number of imidazole rings is 1. The predicted molar refractivity (Wildman–Crippen MR) is 92.7 cm³/mol. The second kappa shape index (κ2) is 5.99. The highest BCUT2D eigenvalue weighted by molar-refractivity contribution is 7.07. The first-order valence-corrected chi connectivity index (χ1v) is 8.92. The molecule has 1 amide bonds. The lowest BCUT2D eigenvalue weighted by atomic mass is 9.80. The normalized spacial score (nSPS) is 16.0. The van der Waals surface area contributed by atoms with Crippen LogP contribution < -0.4 is 5.32 Å². The first kappa shape index (κ1) is 15.3. The molecule has 2 aromatic heterocycles. The summed E-state index contributed by atoms with van der Waals surface area (Å²) in [6.07, 6.45) is 2.53. The van der Waals surface area contributed by atoms with E-state index in [2.05, 4.69) is 15.3 Å². The Kier molecular flexibility index (Phi) is 3.82. The Morgan fingerprint density at radius 2 is 2.21 bits per heavy atom. The number of carbonyl (C=O) groups excluding carboxylic acids is 1. The molecular formula is C17H18N4O2S. The standard InChI is InChI=1S/C17H18N4O2S/c22-15(18-10-17(23)6-3-7-17)8-21-14-5-2-1-4-12(14)20-16(21)13-9-24-11-19-13/h1-2,4-5,9,11,23H,3,6-8,10H2,(H,18,22). The lowest BCUT2D eigenvalue weighted by molar-refractivity contribution is -0.124. The topological polar surface area (TPSA) is 80.0 Å². The molecule has 1 aromatic carbocycles. The van der Waals surface area contributed by atoms with E-state index in [0.29, 0.717) is 12.4 Å². The van der Waals surface area contributed by atoms with Crippen molar-refractivity contribution >= 4 is 28.3 Å². The van der Waals surface area contributed by atoms with E-state index >= 15 is 0 Å². The third-order valence-corrected chi connectivity index (χ3v) is 5.10. The Morgan fingerprint density at radius 1 is 1.38 bits per heavy atom. The molecule has 0 bridgehead atoms. The van der Waals surface area contributed by atoms with E-state index in [1.54, 1.807) is 5.51 Å². The fraction of sp³-hybridized carbons (Fsp3) is 0.353. The van der Waals surface area contributed by atoms with E-state index in [0.717, 1.165) is 36.0 Å². The zero-order valence-electron chi connectivity index (χ0n) is 13.1. The summed E-state index contributed by atoms with van der Waals surface area (Å²) in [4.78, 5) is 21.3. The first-order chi connectivity index (χ1) is 11.6. The molecule has 0 saturated heterocycles. The van der Waals surface area contributed by atoms with Crippen molar-refractivity contribution in [2.45, 2.75) is 31.4 Å². The van der Waals surface area contributed by atoms with Crippen molar-refractivity contribution in [3.8, 4) is 11.5 Å². The lowest BCUT2D eigenvalue weighted by Crippen LogP contribution is -2.48. The molecule has 6 nitrogen and oxygen atoms in total. The molecule has 1 aliphatic carbocycles. The molecule has 124 valence electrons. The highest BCUT2D eigenvalue weighted by Crippen LogP contribution is 2.30. The summed E-state index contributed by atoms with van der Waals surface area (Å²) in [5, 5.41) is 14.9. The minimum absolute atomic E-state index is 0.130. The van der Waals surface area contributed by atoms with Crippen molar-refractivity contribution in [2.75, 3.05) is 6.54 Å². The van der Waals surface area contributed by atoms with Crippen LogP contribution in [0.2, 0.25) is 0 Å². The summed E-state index contributed by atoms with van der Waals surface area (Å²) >= 11 is 1.50. The van der Waals surface area contributed by atoms with Crippen molar-refractivity contribution in [3.63, 3.8) is 0 Å². The zero-order valence-corrected chi connectivity index (χ0v) is 13.9. The lowest BCUT2D eigenvalue weighted by Gasteiger charge is -2.36. The van der Waals surface area contributed by atoms with Crippen LogP contribution in [0.25, 0.3) is 22.6 Å². The van der Waals surface area contributed by atoms with Crippen LogP contribution >= 0.6 is 11.3 Å². The van der Waals surface area contributed by atoms with Crippen LogP contribution in [0.5, 0.6) is 0 Å². The van der Waals surface area contributed by atoms with Crippen LogP contribution in [-0.4, -0.2) is 37.7 Å². The number of nitrogens with one attached hydrogen (secondary N) is 1. The van der Waals surface area contributed by atoms with Gasteiger partial charge in [-0.2, -0.15) is 0 Å². The fourth-order valence-corrected chi connectivity index (χ4v) is 3.51. The van der Waals surface area contributed by atoms with Gasteiger partial charge in [-0.15, -0.1) is 11.3 Å². The van der Waals surface area contributed by atoms with Gasteiger partial charge in [0.2, 0.25) is 5.91 Å². The maximum atomic E-state index is 12.4. The number of rotatable bonds is 5. The van der Waals surface area contributed by atoms with Gasteiger partial charge in [0.25, 0.3) is 0 Å². The van der Waals surface area contributed by atoms with Gasteiger partial charge in [-0.25, -0.2) is 9.97 Å². The Balaban J connectivity index is 1.60. The van der Waals surface area contributed by atoms with E-state index in [1.807, 2.05) is 34.2 Å². The van der Waals surface area contributed by atoms with Crippen molar-refractivity contribution in [3.05, 3.63) is 35.2 Å². The van der Waals surface area contributed by atoms with Crippen LogP contribution in [-0.2, 0) is 11.3 Å². The third-order valence-electron chi connectivity index (χ3n) is 4.52. The molecule has 24 heavy (non-hydrogen) atoms. The van der Waals surface area contributed by atoms with E-state index in [4.69, 9.17) is 0 Å². The molecule has 2 heterocycles. The number of hydrogen-bond donors (Lipinski definition) is 2. The minimum Gasteiger partial charge on any atom is -0.388 e.